The summed E-state index contributed by atoms with van der Waals surface area (Å²) in [5.41, 5.74) is 0.586. The largest absolute Gasteiger partial charge is 0.306 e. The number of hydrogen-bond acceptors (Lipinski definition) is 6. The topological polar surface area (TPSA) is 80.7 Å². The lowest BCUT2D eigenvalue weighted by Crippen LogP contribution is -2.12. The van der Waals surface area contributed by atoms with Gasteiger partial charge in [-0.15, -0.1) is 5.10 Å². The third-order valence-corrected chi connectivity index (χ3v) is 2.77. The fraction of sp³-hybridized carbons (Fsp3) is 0.125. The van der Waals surface area contributed by atoms with E-state index in [4.69, 9.17) is 11.6 Å². The SMILES string of the molecule is Cc1nnsc1C(=O)Nc1cc(Cl)ncn1. The van der Waals surface area contributed by atoms with Crippen molar-refractivity contribution in [3.63, 3.8) is 0 Å². The van der Waals surface area contributed by atoms with Crippen LogP contribution in [0.1, 0.15) is 15.4 Å². The Morgan fingerprint density at radius 1 is 1.50 bits per heavy atom. The lowest BCUT2D eigenvalue weighted by Gasteiger charge is -2.01. The Labute approximate surface area is 99.9 Å². The minimum absolute atomic E-state index is 0.268. The fourth-order valence-electron chi connectivity index (χ4n) is 1.01. The third-order valence-electron chi connectivity index (χ3n) is 1.73. The molecule has 0 saturated carbocycles. The summed E-state index contributed by atoms with van der Waals surface area (Å²) in [4.78, 5) is 19.7. The molecule has 0 aliphatic rings. The minimum atomic E-state index is -0.303. The highest BCUT2D eigenvalue weighted by Crippen LogP contribution is 2.13. The highest BCUT2D eigenvalue weighted by molar-refractivity contribution is 7.08. The monoisotopic (exact) mass is 255 g/mol. The van der Waals surface area contributed by atoms with Crippen molar-refractivity contribution in [2.45, 2.75) is 6.92 Å². The summed E-state index contributed by atoms with van der Waals surface area (Å²) in [6, 6.07) is 1.46. The van der Waals surface area contributed by atoms with Crippen molar-refractivity contribution in [1.29, 1.82) is 0 Å². The molecule has 1 N–H and O–H groups in total. The number of carbonyl (C=O) groups is 1. The molecular weight excluding hydrogens is 250 g/mol. The molecule has 0 bridgehead atoms. The van der Waals surface area contributed by atoms with Crippen molar-refractivity contribution in [3.05, 3.63) is 28.1 Å². The smallest absolute Gasteiger partial charge is 0.270 e. The van der Waals surface area contributed by atoms with Gasteiger partial charge in [0.05, 0.1) is 5.69 Å². The van der Waals surface area contributed by atoms with Gasteiger partial charge in [0.2, 0.25) is 0 Å². The van der Waals surface area contributed by atoms with Crippen molar-refractivity contribution in [3.8, 4) is 0 Å². The van der Waals surface area contributed by atoms with Crippen molar-refractivity contribution in [1.82, 2.24) is 19.6 Å². The molecule has 0 aliphatic carbocycles. The second-order valence-corrected chi connectivity index (χ2v) is 4.01. The Balaban J connectivity index is 2.17. The first-order chi connectivity index (χ1) is 7.66. The van der Waals surface area contributed by atoms with E-state index in [0.29, 0.717) is 16.4 Å². The van der Waals surface area contributed by atoms with Crippen LogP contribution < -0.4 is 5.32 Å². The van der Waals surface area contributed by atoms with Gasteiger partial charge in [-0.05, 0) is 18.5 Å². The summed E-state index contributed by atoms with van der Waals surface area (Å²) in [6.07, 6.45) is 1.27. The number of rotatable bonds is 2. The number of aromatic nitrogens is 4. The van der Waals surface area contributed by atoms with Crippen molar-refractivity contribution < 1.29 is 4.79 Å². The van der Waals surface area contributed by atoms with Gasteiger partial charge in [0.25, 0.3) is 5.91 Å². The summed E-state index contributed by atoms with van der Waals surface area (Å²) in [5.74, 6) is 0.0417. The summed E-state index contributed by atoms with van der Waals surface area (Å²) in [5, 5.41) is 6.60. The fourth-order valence-corrected chi connectivity index (χ4v) is 1.71. The lowest BCUT2D eigenvalue weighted by atomic mass is 10.4. The zero-order valence-electron chi connectivity index (χ0n) is 8.14. The van der Waals surface area contributed by atoms with Gasteiger partial charge >= 0.3 is 0 Å². The van der Waals surface area contributed by atoms with Crippen LogP contribution in [-0.4, -0.2) is 25.5 Å². The number of nitrogens with zero attached hydrogens (tertiary/aromatic N) is 4. The summed E-state index contributed by atoms with van der Waals surface area (Å²) in [7, 11) is 0. The first-order valence-corrected chi connectivity index (χ1v) is 5.40. The Morgan fingerprint density at radius 3 is 2.94 bits per heavy atom. The van der Waals surface area contributed by atoms with E-state index in [9.17, 15) is 4.79 Å². The molecule has 2 aromatic rings. The molecule has 2 heterocycles. The molecule has 0 aromatic carbocycles. The number of amides is 1. The third kappa shape index (κ3) is 2.31. The molecule has 8 heteroatoms. The highest BCUT2D eigenvalue weighted by Gasteiger charge is 2.13. The molecule has 2 rings (SSSR count). The minimum Gasteiger partial charge on any atom is -0.306 e. The van der Waals surface area contributed by atoms with Gasteiger partial charge in [0, 0.05) is 6.07 Å². The molecule has 0 aliphatic heterocycles. The molecule has 0 saturated heterocycles. The number of anilines is 1. The van der Waals surface area contributed by atoms with Gasteiger partial charge in [-0.3, -0.25) is 4.79 Å². The molecule has 1 amide bonds. The Hall–Kier alpha value is -1.60. The van der Waals surface area contributed by atoms with Crippen LogP contribution in [0.5, 0.6) is 0 Å². The molecule has 0 radical (unpaired) electrons. The maximum Gasteiger partial charge on any atom is 0.270 e. The van der Waals surface area contributed by atoms with Gasteiger partial charge in [-0.25, -0.2) is 9.97 Å². The second-order valence-electron chi connectivity index (χ2n) is 2.87. The molecule has 0 spiro atoms. The highest BCUT2D eigenvalue weighted by atomic mass is 35.5. The molecule has 2 aromatic heterocycles. The quantitative estimate of drug-likeness (QED) is 0.824. The molecule has 0 fully saturated rings. The van der Waals surface area contributed by atoms with Crippen molar-refractivity contribution in [2.75, 3.05) is 5.32 Å². The van der Waals surface area contributed by atoms with E-state index in [1.807, 2.05) is 0 Å². The Kier molecular flexibility index (Phi) is 3.07. The molecule has 6 nitrogen and oxygen atoms in total. The van der Waals surface area contributed by atoms with E-state index in [1.165, 1.54) is 12.4 Å². The zero-order chi connectivity index (χ0) is 11.5. The van der Waals surface area contributed by atoms with Crippen LogP contribution in [0.4, 0.5) is 5.82 Å². The number of carbonyl (C=O) groups excluding carboxylic acids is 1. The van der Waals surface area contributed by atoms with Gasteiger partial charge in [-0.2, -0.15) is 0 Å². The first kappa shape index (κ1) is 10.9. The summed E-state index contributed by atoms with van der Waals surface area (Å²) < 4.78 is 3.67. The van der Waals surface area contributed by atoms with Crippen LogP contribution in [0, 0.1) is 6.92 Å². The van der Waals surface area contributed by atoms with E-state index < -0.39 is 0 Å². The molecule has 82 valence electrons. The lowest BCUT2D eigenvalue weighted by molar-refractivity contribution is 0.102. The Morgan fingerprint density at radius 2 is 2.31 bits per heavy atom. The van der Waals surface area contributed by atoms with Gasteiger partial charge in [0.15, 0.2) is 0 Å². The van der Waals surface area contributed by atoms with Crippen molar-refractivity contribution in [2.24, 2.45) is 0 Å². The average molecular weight is 256 g/mol. The van der Waals surface area contributed by atoms with E-state index in [1.54, 1.807) is 6.92 Å². The predicted octanol–water partition coefficient (Wildman–Crippen LogP) is 1.54. The molecule has 16 heavy (non-hydrogen) atoms. The van der Waals surface area contributed by atoms with E-state index in [0.717, 1.165) is 11.5 Å². The van der Waals surface area contributed by atoms with E-state index in [-0.39, 0.29) is 11.1 Å². The number of hydrogen-bond donors (Lipinski definition) is 1. The summed E-state index contributed by atoms with van der Waals surface area (Å²) in [6.45, 7) is 1.71. The average Bonchev–Trinajstić information content (AvgIpc) is 2.64. The Bertz CT molecular complexity index is 529. The molecule has 0 atom stereocenters. The van der Waals surface area contributed by atoms with E-state index >= 15 is 0 Å². The number of halogens is 1. The van der Waals surface area contributed by atoms with Crippen LogP contribution in [-0.2, 0) is 0 Å². The van der Waals surface area contributed by atoms with Gasteiger partial charge < -0.3 is 5.32 Å². The first-order valence-electron chi connectivity index (χ1n) is 4.24. The van der Waals surface area contributed by atoms with Crippen LogP contribution in [0.15, 0.2) is 12.4 Å². The normalized spacial score (nSPS) is 10.1. The maximum absolute atomic E-state index is 11.7. The van der Waals surface area contributed by atoms with E-state index in [2.05, 4.69) is 24.9 Å². The second kappa shape index (κ2) is 4.50. The van der Waals surface area contributed by atoms with Crippen LogP contribution in [0.3, 0.4) is 0 Å². The van der Waals surface area contributed by atoms with Crippen molar-refractivity contribution >= 4 is 34.9 Å². The van der Waals surface area contributed by atoms with Crippen LogP contribution in [0.25, 0.3) is 0 Å². The molecular formula is C8H6ClN5OS. The zero-order valence-corrected chi connectivity index (χ0v) is 9.71. The van der Waals surface area contributed by atoms with Crippen LogP contribution >= 0.6 is 23.1 Å². The number of nitrogens with one attached hydrogen (secondary N) is 1. The molecule has 0 unspecified atom stereocenters. The number of aryl methyl sites for hydroxylation is 1. The maximum atomic E-state index is 11.7. The standard InChI is InChI=1S/C8H6ClN5OS/c1-4-7(16-14-13-4)8(15)12-6-2-5(9)10-3-11-6/h2-3H,1H3,(H,10,11,12,15). The predicted molar refractivity (Wildman–Crippen MR) is 59.6 cm³/mol. The summed E-state index contributed by atoms with van der Waals surface area (Å²) >= 11 is 6.69. The van der Waals surface area contributed by atoms with Gasteiger partial charge in [-0.1, -0.05) is 16.1 Å². The van der Waals surface area contributed by atoms with Gasteiger partial charge in [0.1, 0.15) is 22.2 Å². The van der Waals surface area contributed by atoms with Crippen LogP contribution in [0.2, 0.25) is 5.15 Å².